The van der Waals surface area contributed by atoms with Gasteiger partial charge in [-0.05, 0) is 57.6 Å². The number of ether oxygens (including phenoxy) is 2. The Kier molecular flexibility index (Phi) is 8.84. The van der Waals surface area contributed by atoms with Crippen molar-refractivity contribution in [2.75, 3.05) is 31.1 Å². The van der Waals surface area contributed by atoms with Gasteiger partial charge in [0, 0.05) is 31.8 Å². The summed E-state index contributed by atoms with van der Waals surface area (Å²) in [6.45, 7) is 6.43. The van der Waals surface area contributed by atoms with E-state index in [0.29, 0.717) is 38.8 Å². The molecule has 226 valence electrons. The maximum absolute atomic E-state index is 14.6. The Morgan fingerprint density at radius 1 is 1.05 bits per heavy atom. The van der Waals surface area contributed by atoms with Gasteiger partial charge in [-0.15, -0.1) is 0 Å². The molecule has 1 aromatic carbocycles. The second-order valence-electron chi connectivity index (χ2n) is 11.8. The van der Waals surface area contributed by atoms with Crippen LogP contribution >= 0.6 is 0 Å². The lowest BCUT2D eigenvalue weighted by Gasteiger charge is -2.36. The van der Waals surface area contributed by atoms with Gasteiger partial charge in [0.05, 0.1) is 18.6 Å². The number of nitrogens with zero attached hydrogens (tertiary/aromatic N) is 2. The van der Waals surface area contributed by atoms with Gasteiger partial charge >= 0.3 is 5.97 Å². The van der Waals surface area contributed by atoms with Gasteiger partial charge in [0.1, 0.15) is 23.7 Å². The highest BCUT2D eigenvalue weighted by Crippen LogP contribution is 2.53. The molecule has 3 amide bonds. The highest BCUT2D eigenvalue weighted by molar-refractivity contribution is 6.06. The molecule has 4 aliphatic rings. The topological polar surface area (TPSA) is 125 Å². The van der Waals surface area contributed by atoms with Gasteiger partial charge in [-0.1, -0.05) is 42.5 Å². The van der Waals surface area contributed by atoms with Crippen molar-refractivity contribution in [1.29, 1.82) is 0 Å². The second-order valence-corrected chi connectivity index (χ2v) is 11.8. The summed E-state index contributed by atoms with van der Waals surface area (Å²) in [4.78, 5) is 58.2. The van der Waals surface area contributed by atoms with E-state index in [1.807, 2.05) is 44.2 Å². The number of cyclic esters (lactones) is 1. The van der Waals surface area contributed by atoms with E-state index in [-0.39, 0.29) is 37.3 Å². The van der Waals surface area contributed by atoms with Crippen LogP contribution in [0.15, 0.2) is 42.5 Å². The second kappa shape index (κ2) is 12.4. The third kappa shape index (κ3) is 5.38. The van der Waals surface area contributed by atoms with Crippen molar-refractivity contribution < 1.29 is 33.8 Å². The fourth-order valence-electron chi connectivity index (χ4n) is 6.90. The molecule has 0 saturated carbocycles. The molecule has 0 bridgehead atoms. The van der Waals surface area contributed by atoms with Crippen LogP contribution in [0.4, 0.5) is 5.69 Å². The van der Waals surface area contributed by atoms with Crippen LogP contribution < -0.4 is 10.2 Å². The number of aryl methyl sites for hydroxylation is 2. The minimum Gasteiger partial charge on any atom is -0.460 e. The Bertz CT molecular complexity index is 1270. The summed E-state index contributed by atoms with van der Waals surface area (Å²) >= 11 is 0. The van der Waals surface area contributed by atoms with E-state index in [1.165, 1.54) is 0 Å². The van der Waals surface area contributed by atoms with Crippen molar-refractivity contribution in [3.8, 4) is 0 Å². The van der Waals surface area contributed by atoms with Gasteiger partial charge in [0.15, 0.2) is 0 Å². The molecule has 2 saturated heterocycles. The summed E-state index contributed by atoms with van der Waals surface area (Å²) in [6.07, 6.45) is 8.42. The number of aliphatic hydroxyl groups excluding tert-OH is 1. The first kappa shape index (κ1) is 30.0. The number of hydrogen-bond donors (Lipinski definition) is 2. The number of allylic oxidation sites excluding steroid dienone is 1. The lowest BCUT2D eigenvalue weighted by molar-refractivity contribution is -0.158. The van der Waals surface area contributed by atoms with Crippen LogP contribution in [-0.4, -0.2) is 83.8 Å². The van der Waals surface area contributed by atoms with E-state index in [0.717, 1.165) is 16.8 Å². The normalized spacial score (nSPS) is 32.2. The van der Waals surface area contributed by atoms with Gasteiger partial charge in [-0.25, -0.2) is 0 Å². The zero-order chi connectivity index (χ0) is 30.0. The number of esters is 1. The molecule has 5 rings (SSSR count). The molecule has 1 spiro atoms. The fourth-order valence-corrected chi connectivity index (χ4v) is 6.90. The number of fused-ring (bicyclic) bond motifs is 2. The highest BCUT2D eigenvalue weighted by Gasteiger charge is 2.71. The van der Waals surface area contributed by atoms with Gasteiger partial charge < -0.3 is 29.7 Å². The van der Waals surface area contributed by atoms with Crippen molar-refractivity contribution in [2.45, 2.75) is 76.7 Å². The quantitative estimate of drug-likeness (QED) is 0.301. The number of anilines is 1. The van der Waals surface area contributed by atoms with Crippen molar-refractivity contribution >= 4 is 29.4 Å². The van der Waals surface area contributed by atoms with Crippen LogP contribution in [0.3, 0.4) is 0 Å². The third-order valence-electron chi connectivity index (χ3n) is 8.80. The first-order chi connectivity index (χ1) is 20.2. The number of benzene rings is 1. The van der Waals surface area contributed by atoms with Crippen LogP contribution in [0.5, 0.6) is 0 Å². The SMILES string of the molecule is Cc1cccc(C)c1N1CC=C[C@]23O[C@@H]4/C=C\CCC(=O)NC[C@@H](C)OC(=O)[C@@H]4[C@H]2C(=O)N(CCCCCO)[C@@H]3C1=O. The zero-order valence-corrected chi connectivity index (χ0v) is 24.6. The predicted molar refractivity (Wildman–Crippen MR) is 155 cm³/mol. The molecule has 0 radical (unpaired) electrons. The number of para-hydroxylation sites is 1. The van der Waals surface area contributed by atoms with Crippen LogP contribution in [0.2, 0.25) is 0 Å². The van der Waals surface area contributed by atoms with Crippen LogP contribution in [0.25, 0.3) is 0 Å². The monoisotopic (exact) mass is 579 g/mol. The van der Waals surface area contributed by atoms with E-state index in [1.54, 1.807) is 28.9 Å². The molecule has 6 atom stereocenters. The minimum atomic E-state index is -1.37. The Hall–Kier alpha value is -3.50. The smallest absolute Gasteiger partial charge is 0.313 e. The first-order valence-corrected chi connectivity index (χ1v) is 15.0. The van der Waals surface area contributed by atoms with Gasteiger partial charge in [0.25, 0.3) is 5.91 Å². The summed E-state index contributed by atoms with van der Waals surface area (Å²) in [5.74, 6) is -3.20. The fraction of sp³-hybridized carbons (Fsp3) is 0.562. The third-order valence-corrected chi connectivity index (χ3v) is 8.80. The number of carbonyl (C=O) groups is 4. The molecular weight excluding hydrogens is 538 g/mol. The van der Waals surface area contributed by atoms with Crippen LogP contribution in [-0.2, 0) is 28.7 Å². The average molecular weight is 580 g/mol. The number of amides is 3. The molecule has 2 N–H and O–H groups in total. The molecule has 4 heterocycles. The van der Waals surface area contributed by atoms with Gasteiger partial charge in [-0.2, -0.15) is 0 Å². The molecule has 42 heavy (non-hydrogen) atoms. The maximum atomic E-state index is 14.6. The number of unbranched alkanes of at least 4 members (excludes halogenated alkanes) is 2. The molecule has 2 fully saturated rings. The van der Waals surface area contributed by atoms with Gasteiger partial charge in [0.2, 0.25) is 11.8 Å². The highest BCUT2D eigenvalue weighted by atomic mass is 16.6. The summed E-state index contributed by atoms with van der Waals surface area (Å²) in [5, 5.41) is 12.1. The summed E-state index contributed by atoms with van der Waals surface area (Å²) in [5.41, 5.74) is 1.32. The Balaban J connectivity index is 1.58. The number of nitrogens with one attached hydrogen (secondary N) is 1. The Labute approximate surface area is 246 Å². The summed E-state index contributed by atoms with van der Waals surface area (Å²) in [6, 6.07) is 4.89. The lowest BCUT2D eigenvalue weighted by atomic mass is 9.78. The summed E-state index contributed by atoms with van der Waals surface area (Å²) in [7, 11) is 0. The van der Waals surface area contributed by atoms with E-state index in [4.69, 9.17) is 9.47 Å². The Morgan fingerprint density at radius 2 is 1.81 bits per heavy atom. The van der Waals surface area contributed by atoms with E-state index >= 15 is 0 Å². The number of aliphatic hydroxyl groups is 1. The predicted octanol–water partition coefficient (Wildman–Crippen LogP) is 2.35. The molecular formula is C32H41N3O7. The number of hydrogen-bond acceptors (Lipinski definition) is 7. The molecule has 0 aromatic heterocycles. The Morgan fingerprint density at radius 3 is 2.55 bits per heavy atom. The molecule has 10 heteroatoms. The zero-order valence-electron chi connectivity index (χ0n) is 24.6. The first-order valence-electron chi connectivity index (χ1n) is 15.0. The van der Waals surface area contributed by atoms with Crippen LogP contribution in [0.1, 0.15) is 50.2 Å². The van der Waals surface area contributed by atoms with Gasteiger partial charge in [-0.3, -0.25) is 19.2 Å². The van der Waals surface area contributed by atoms with E-state index < -0.39 is 41.7 Å². The summed E-state index contributed by atoms with van der Waals surface area (Å²) < 4.78 is 12.5. The molecule has 10 nitrogen and oxygen atoms in total. The number of likely N-dealkylation sites (tertiary alicyclic amines) is 1. The largest absolute Gasteiger partial charge is 0.460 e. The molecule has 0 unspecified atom stereocenters. The maximum Gasteiger partial charge on any atom is 0.313 e. The van der Waals surface area contributed by atoms with Crippen molar-refractivity contribution in [2.24, 2.45) is 11.8 Å². The molecule has 0 aliphatic carbocycles. The van der Waals surface area contributed by atoms with Crippen molar-refractivity contribution in [1.82, 2.24) is 10.2 Å². The molecule has 1 aromatic rings. The molecule has 4 aliphatic heterocycles. The van der Waals surface area contributed by atoms with Crippen molar-refractivity contribution in [3.05, 3.63) is 53.6 Å². The standard InChI is InChI=1S/C32H41N3O7/c1-20-11-9-12-21(2)27(20)34-17-10-15-32-26(29(38)35(28(32)30(34)39)16-7-4-8-18-36)25-23(42-32)13-5-6-14-24(37)33-19-22(3)41-31(25)40/h5,9-13,15,22-23,25-26,28,36H,4,6-8,14,16-19H2,1-3H3,(H,33,37)/b13-5-/t22-,23-,25+,26+,28-,32+/m1/s1. The lowest BCUT2D eigenvalue weighted by Crippen LogP contribution is -2.55. The number of carbonyl (C=O) groups excluding carboxylic acids is 4. The minimum absolute atomic E-state index is 0.0512. The number of rotatable bonds is 6. The van der Waals surface area contributed by atoms with E-state index in [9.17, 15) is 24.3 Å². The van der Waals surface area contributed by atoms with Crippen molar-refractivity contribution in [3.63, 3.8) is 0 Å². The van der Waals surface area contributed by atoms with E-state index in [2.05, 4.69) is 5.32 Å². The average Bonchev–Trinajstić information content (AvgIpc) is 3.33. The van der Waals surface area contributed by atoms with Crippen LogP contribution in [0, 0.1) is 25.7 Å².